The number of furan rings is 1. The topological polar surface area (TPSA) is 93.9 Å². The second-order valence-electron chi connectivity index (χ2n) is 9.62. The largest absolute Gasteiger partial charge is 0.497 e. The Balaban J connectivity index is 1.50. The molecule has 2 saturated heterocycles. The van der Waals surface area contributed by atoms with Crippen LogP contribution in [-0.4, -0.2) is 106 Å². The number of rotatable bonds is 13. The summed E-state index contributed by atoms with van der Waals surface area (Å²) in [4.78, 5) is 33.1. The molecular weight excluding hydrogens is 490 g/mol. The molecule has 2 aliphatic rings. The van der Waals surface area contributed by atoms with Crippen LogP contribution in [0.2, 0.25) is 0 Å². The summed E-state index contributed by atoms with van der Waals surface area (Å²) in [7, 11) is 3.09. The van der Waals surface area contributed by atoms with Crippen LogP contribution in [0.25, 0.3) is 0 Å². The maximum atomic E-state index is 13.8. The number of benzene rings is 1. The van der Waals surface area contributed by atoms with Crippen molar-refractivity contribution in [2.75, 3.05) is 73.3 Å². The Morgan fingerprint density at radius 2 is 1.82 bits per heavy atom. The van der Waals surface area contributed by atoms with E-state index in [2.05, 4.69) is 4.90 Å². The SMILES string of the molecule is COc1cc(OC)cc(C(=O)N(CCCN2CCOCC2)CC(=O)N(Cc2ccco2)CC2CCCO2)c1. The van der Waals surface area contributed by atoms with Gasteiger partial charge in [0.15, 0.2) is 0 Å². The zero-order valence-electron chi connectivity index (χ0n) is 22.4. The van der Waals surface area contributed by atoms with E-state index in [1.807, 2.05) is 12.1 Å². The Bertz CT molecular complexity index is 995. The van der Waals surface area contributed by atoms with Crippen molar-refractivity contribution in [2.24, 2.45) is 0 Å². The van der Waals surface area contributed by atoms with Gasteiger partial charge in [-0.3, -0.25) is 14.5 Å². The Morgan fingerprint density at radius 3 is 2.45 bits per heavy atom. The van der Waals surface area contributed by atoms with Crippen LogP contribution in [-0.2, 0) is 20.8 Å². The molecule has 1 unspecified atom stereocenters. The number of ether oxygens (including phenoxy) is 4. The fourth-order valence-electron chi connectivity index (χ4n) is 4.82. The van der Waals surface area contributed by atoms with E-state index in [9.17, 15) is 9.59 Å². The standard InChI is InChI=1S/C28H39N3O7/c1-34-25-16-22(17-26(18-25)35-2)28(33)30(9-5-8-29-10-14-36-15-11-29)21-27(32)31(19-23-6-3-12-37-23)20-24-7-4-13-38-24/h3,6,12,16-18,24H,4-5,7-11,13-15,19-21H2,1-2H3. The van der Waals surface area contributed by atoms with Crippen LogP contribution in [0.4, 0.5) is 0 Å². The molecule has 10 heteroatoms. The number of carbonyl (C=O) groups excluding carboxylic acids is 2. The minimum Gasteiger partial charge on any atom is -0.497 e. The van der Waals surface area contributed by atoms with Gasteiger partial charge in [-0.25, -0.2) is 0 Å². The van der Waals surface area contributed by atoms with Crippen LogP contribution >= 0.6 is 0 Å². The molecule has 4 rings (SSSR count). The zero-order chi connectivity index (χ0) is 26.7. The highest BCUT2D eigenvalue weighted by atomic mass is 16.5. The molecule has 2 amide bonds. The smallest absolute Gasteiger partial charge is 0.254 e. The number of nitrogens with zero attached hydrogens (tertiary/aromatic N) is 3. The molecule has 2 fully saturated rings. The van der Waals surface area contributed by atoms with Crippen LogP contribution < -0.4 is 9.47 Å². The van der Waals surface area contributed by atoms with E-state index in [1.165, 1.54) is 0 Å². The second-order valence-corrected chi connectivity index (χ2v) is 9.62. The molecule has 3 heterocycles. The quantitative estimate of drug-likeness (QED) is 0.391. The first-order valence-corrected chi connectivity index (χ1v) is 13.3. The molecule has 2 aliphatic heterocycles. The van der Waals surface area contributed by atoms with Gasteiger partial charge in [-0.1, -0.05) is 0 Å². The zero-order valence-corrected chi connectivity index (χ0v) is 22.4. The number of morpholine rings is 1. The predicted octanol–water partition coefficient (Wildman–Crippen LogP) is 2.67. The van der Waals surface area contributed by atoms with Gasteiger partial charge in [0.05, 0.1) is 46.3 Å². The molecule has 1 aromatic carbocycles. The average molecular weight is 530 g/mol. The lowest BCUT2D eigenvalue weighted by Crippen LogP contribution is -2.46. The Hall–Kier alpha value is -3.08. The molecule has 2 aromatic rings. The van der Waals surface area contributed by atoms with E-state index in [4.69, 9.17) is 23.4 Å². The van der Waals surface area contributed by atoms with E-state index >= 15 is 0 Å². The van der Waals surface area contributed by atoms with Crippen molar-refractivity contribution in [2.45, 2.75) is 31.9 Å². The van der Waals surface area contributed by atoms with Crippen LogP contribution in [0.15, 0.2) is 41.0 Å². The van der Waals surface area contributed by atoms with Gasteiger partial charge in [0, 0.05) is 51.0 Å². The molecule has 0 radical (unpaired) electrons. The minimum absolute atomic E-state index is 0.0120. The summed E-state index contributed by atoms with van der Waals surface area (Å²) in [5, 5.41) is 0. The summed E-state index contributed by atoms with van der Waals surface area (Å²) in [5.74, 6) is 1.34. The molecular formula is C28H39N3O7. The van der Waals surface area contributed by atoms with Gasteiger partial charge in [0.1, 0.15) is 23.8 Å². The average Bonchev–Trinajstić information content (AvgIpc) is 3.66. The van der Waals surface area contributed by atoms with Crippen LogP contribution in [0.3, 0.4) is 0 Å². The highest BCUT2D eigenvalue weighted by Crippen LogP contribution is 2.24. The maximum Gasteiger partial charge on any atom is 0.254 e. The van der Waals surface area contributed by atoms with Crippen molar-refractivity contribution < 1.29 is 33.0 Å². The molecule has 0 aliphatic carbocycles. The fourth-order valence-corrected chi connectivity index (χ4v) is 4.82. The number of amides is 2. The molecule has 1 atom stereocenters. The first-order valence-electron chi connectivity index (χ1n) is 13.3. The lowest BCUT2D eigenvalue weighted by molar-refractivity contribution is -0.134. The van der Waals surface area contributed by atoms with Gasteiger partial charge in [-0.15, -0.1) is 0 Å². The number of carbonyl (C=O) groups is 2. The third-order valence-electron chi connectivity index (χ3n) is 6.95. The van der Waals surface area contributed by atoms with Crippen molar-refractivity contribution in [1.29, 1.82) is 0 Å². The third-order valence-corrected chi connectivity index (χ3v) is 6.95. The van der Waals surface area contributed by atoms with Crippen LogP contribution in [0.5, 0.6) is 11.5 Å². The first kappa shape index (κ1) is 27.9. The van der Waals surface area contributed by atoms with Crippen LogP contribution in [0.1, 0.15) is 35.4 Å². The summed E-state index contributed by atoms with van der Waals surface area (Å²) < 4.78 is 27.5. The lowest BCUT2D eigenvalue weighted by Gasteiger charge is -2.30. The molecule has 0 spiro atoms. The van der Waals surface area contributed by atoms with Crippen molar-refractivity contribution >= 4 is 11.8 Å². The van der Waals surface area contributed by atoms with Crippen molar-refractivity contribution in [1.82, 2.24) is 14.7 Å². The van der Waals surface area contributed by atoms with Gasteiger partial charge in [0.25, 0.3) is 5.91 Å². The predicted molar refractivity (Wildman–Crippen MR) is 140 cm³/mol. The Morgan fingerprint density at radius 1 is 1.05 bits per heavy atom. The molecule has 38 heavy (non-hydrogen) atoms. The number of methoxy groups -OCH3 is 2. The summed E-state index contributed by atoms with van der Waals surface area (Å²) in [6, 6.07) is 8.73. The van der Waals surface area contributed by atoms with Crippen LogP contribution in [0, 0.1) is 0 Å². The molecule has 0 bridgehead atoms. The van der Waals surface area contributed by atoms with E-state index in [0.717, 1.165) is 52.1 Å². The molecule has 0 saturated carbocycles. The van der Waals surface area contributed by atoms with Gasteiger partial charge in [0.2, 0.25) is 5.91 Å². The summed E-state index contributed by atoms with van der Waals surface area (Å²) in [5.41, 5.74) is 0.414. The van der Waals surface area contributed by atoms with Crippen molar-refractivity contribution in [3.05, 3.63) is 47.9 Å². The maximum absolute atomic E-state index is 13.8. The molecule has 10 nitrogen and oxygen atoms in total. The van der Waals surface area contributed by atoms with Crippen molar-refractivity contribution in [3.8, 4) is 11.5 Å². The van der Waals surface area contributed by atoms with E-state index in [-0.39, 0.29) is 24.5 Å². The second kappa shape index (κ2) is 14.2. The van der Waals surface area contributed by atoms with Gasteiger partial charge in [-0.05, 0) is 43.5 Å². The molecule has 1 aromatic heterocycles. The number of hydrogen-bond donors (Lipinski definition) is 0. The summed E-state index contributed by atoms with van der Waals surface area (Å²) in [6.07, 6.45) is 4.22. The van der Waals surface area contributed by atoms with Gasteiger partial charge in [-0.2, -0.15) is 0 Å². The Kier molecular flexibility index (Phi) is 10.4. The fraction of sp³-hybridized carbons (Fsp3) is 0.571. The Labute approximate surface area is 224 Å². The van der Waals surface area contributed by atoms with Crippen molar-refractivity contribution in [3.63, 3.8) is 0 Å². The monoisotopic (exact) mass is 529 g/mol. The minimum atomic E-state index is -0.243. The first-order chi connectivity index (χ1) is 18.6. The highest BCUT2D eigenvalue weighted by molar-refractivity contribution is 5.97. The lowest BCUT2D eigenvalue weighted by atomic mass is 10.1. The summed E-state index contributed by atoms with van der Waals surface area (Å²) >= 11 is 0. The molecule has 0 N–H and O–H groups in total. The third kappa shape index (κ3) is 7.96. The summed E-state index contributed by atoms with van der Waals surface area (Å²) in [6.45, 7) is 5.90. The highest BCUT2D eigenvalue weighted by Gasteiger charge is 2.27. The van der Waals surface area contributed by atoms with Gasteiger partial charge >= 0.3 is 0 Å². The van der Waals surface area contributed by atoms with E-state index < -0.39 is 0 Å². The van der Waals surface area contributed by atoms with E-state index in [1.54, 1.807) is 48.5 Å². The number of hydrogen-bond acceptors (Lipinski definition) is 8. The molecule has 208 valence electrons. The van der Waals surface area contributed by atoms with Gasteiger partial charge < -0.3 is 33.2 Å². The van der Waals surface area contributed by atoms with E-state index in [0.29, 0.717) is 49.1 Å². The normalized spacial score (nSPS) is 17.8.